The van der Waals surface area contributed by atoms with Crippen LogP contribution in [0.5, 0.6) is 5.75 Å². The molecule has 0 bridgehead atoms. The number of hydrogen-bond donors (Lipinski definition) is 2. The maximum Gasteiger partial charge on any atom is 0.165 e. The average molecular weight is 282 g/mol. The fourth-order valence-corrected chi connectivity index (χ4v) is 2.15. The van der Waals surface area contributed by atoms with Crippen LogP contribution in [0.2, 0.25) is 0 Å². The summed E-state index contributed by atoms with van der Waals surface area (Å²) >= 11 is 0. The van der Waals surface area contributed by atoms with E-state index in [9.17, 15) is 9.50 Å². The van der Waals surface area contributed by atoms with Gasteiger partial charge in [-0.1, -0.05) is 12.1 Å². The lowest BCUT2D eigenvalue weighted by atomic mass is 10.2. The third kappa shape index (κ3) is 3.05. The van der Waals surface area contributed by atoms with Gasteiger partial charge in [0.1, 0.15) is 0 Å². The molecule has 0 unspecified atom stereocenters. The quantitative estimate of drug-likeness (QED) is 0.760. The van der Waals surface area contributed by atoms with Gasteiger partial charge in [0, 0.05) is 30.3 Å². The summed E-state index contributed by atoms with van der Waals surface area (Å²) in [4.78, 5) is 0. The van der Waals surface area contributed by atoms with E-state index >= 15 is 0 Å². The molecular weight excluding hydrogens is 267 g/mol. The highest BCUT2D eigenvalue weighted by Crippen LogP contribution is 2.19. The molecule has 0 radical (unpaired) electrons. The predicted octanol–water partition coefficient (Wildman–Crippen LogP) is 3.93. The van der Waals surface area contributed by atoms with E-state index in [4.69, 9.17) is 0 Å². The van der Waals surface area contributed by atoms with E-state index in [-0.39, 0.29) is 5.75 Å². The highest BCUT2D eigenvalue weighted by atomic mass is 19.1. The van der Waals surface area contributed by atoms with Gasteiger partial charge in [0.2, 0.25) is 0 Å². The smallest absolute Gasteiger partial charge is 0.165 e. The molecule has 0 saturated heterocycles. The molecule has 0 atom stereocenters. The van der Waals surface area contributed by atoms with Crippen molar-refractivity contribution >= 4 is 5.69 Å². The van der Waals surface area contributed by atoms with Crippen molar-refractivity contribution in [3.63, 3.8) is 0 Å². The molecule has 4 heteroatoms. The lowest BCUT2D eigenvalue weighted by Gasteiger charge is -2.09. The number of rotatable bonds is 4. The number of nitrogens with zero attached hydrogens (tertiary/aromatic N) is 1. The summed E-state index contributed by atoms with van der Waals surface area (Å²) in [7, 11) is 0. The molecule has 0 saturated carbocycles. The number of aromatic hydroxyl groups is 1. The molecule has 3 nitrogen and oxygen atoms in total. The van der Waals surface area contributed by atoms with Crippen molar-refractivity contribution in [2.45, 2.75) is 6.54 Å². The van der Waals surface area contributed by atoms with Crippen LogP contribution >= 0.6 is 0 Å². The molecule has 106 valence electrons. The number of benzene rings is 2. The van der Waals surface area contributed by atoms with Crippen molar-refractivity contribution in [2.75, 3.05) is 5.32 Å². The van der Waals surface area contributed by atoms with Crippen LogP contribution in [0.3, 0.4) is 0 Å². The summed E-state index contributed by atoms with van der Waals surface area (Å²) in [5.74, 6) is -0.927. The molecule has 0 spiro atoms. The Kier molecular flexibility index (Phi) is 3.60. The van der Waals surface area contributed by atoms with Gasteiger partial charge in [-0.2, -0.15) is 0 Å². The highest BCUT2D eigenvalue weighted by Gasteiger charge is 2.02. The van der Waals surface area contributed by atoms with Gasteiger partial charge in [0.05, 0.1) is 0 Å². The fraction of sp³-hybridized carbons (Fsp3) is 0.0588. The topological polar surface area (TPSA) is 37.2 Å². The zero-order valence-electron chi connectivity index (χ0n) is 11.3. The number of phenolic OH excluding ortho intramolecular Hbond substituents is 1. The summed E-state index contributed by atoms with van der Waals surface area (Å²) in [5, 5.41) is 12.4. The van der Waals surface area contributed by atoms with Crippen LogP contribution in [0.4, 0.5) is 10.1 Å². The minimum absolute atomic E-state index is 0.326. The van der Waals surface area contributed by atoms with E-state index in [1.54, 1.807) is 6.07 Å². The minimum atomic E-state index is -0.601. The van der Waals surface area contributed by atoms with Gasteiger partial charge in [-0.25, -0.2) is 4.39 Å². The Balaban J connectivity index is 1.73. The normalized spacial score (nSPS) is 10.5. The first-order valence-corrected chi connectivity index (χ1v) is 6.67. The second kappa shape index (κ2) is 5.71. The standard InChI is InChI=1S/C17H15FN2O/c18-16-10-13(6-7-17(16)21)12-19-14-4-3-5-15(11-14)20-8-1-2-9-20/h1-11,19,21H,12H2. The maximum atomic E-state index is 13.3. The van der Waals surface area contributed by atoms with E-state index in [2.05, 4.69) is 5.32 Å². The largest absolute Gasteiger partial charge is 0.505 e. The molecule has 0 amide bonds. The van der Waals surface area contributed by atoms with E-state index in [1.807, 2.05) is 53.4 Å². The Labute approximate surface area is 122 Å². The number of nitrogens with one attached hydrogen (secondary N) is 1. The van der Waals surface area contributed by atoms with Crippen molar-refractivity contribution in [3.8, 4) is 11.4 Å². The Morgan fingerprint density at radius 2 is 1.81 bits per heavy atom. The zero-order valence-corrected chi connectivity index (χ0v) is 11.3. The maximum absolute atomic E-state index is 13.3. The summed E-state index contributed by atoms with van der Waals surface area (Å²) in [5.41, 5.74) is 2.79. The molecule has 3 rings (SSSR count). The number of phenols is 1. The van der Waals surface area contributed by atoms with Crippen LogP contribution < -0.4 is 5.32 Å². The third-order valence-corrected chi connectivity index (χ3v) is 3.26. The van der Waals surface area contributed by atoms with Crippen molar-refractivity contribution in [2.24, 2.45) is 0 Å². The third-order valence-electron chi connectivity index (χ3n) is 3.26. The molecule has 1 heterocycles. The van der Waals surface area contributed by atoms with Crippen LogP contribution in [0.1, 0.15) is 5.56 Å². The SMILES string of the molecule is Oc1ccc(CNc2cccc(-n3cccc3)c2)cc1F. The highest BCUT2D eigenvalue weighted by molar-refractivity contribution is 5.51. The average Bonchev–Trinajstić information content (AvgIpc) is 3.03. The summed E-state index contributed by atoms with van der Waals surface area (Å²) in [6.45, 7) is 0.492. The first kappa shape index (κ1) is 13.2. The molecular formula is C17H15FN2O. The number of halogens is 1. The van der Waals surface area contributed by atoms with Crippen LogP contribution in [-0.4, -0.2) is 9.67 Å². The molecule has 0 aliphatic heterocycles. The Bertz CT molecular complexity index is 738. The van der Waals surface area contributed by atoms with Crippen LogP contribution in [0.15, 0.2) is 67.0 Å². The van der Waals surface area contributed by atoms with Gasteiger partial charge >= 0.3 is 0 Å². The van der Waals surface area contributed by atoms with Gasteiger partial charge in [-0.15, -0.1) is 0 Å². The van der Waals surface area contributed by atoms with E-state index in [0.29, 0.717) is 6.54 Å². The monoisotopic (exact) mass is 282 g/mol. The fourth-order valence-electron chi connectivity index (χ4n) is 2.15. The molecule has 21 heavy (non-hydrogen) atoms. The van der Waals surface area contributed by atoms with Gasteiger partial charge in [-0.05, 0) is 48.0 Å². The van der Waals surface area contributed by atoms with Crippen molar-refractivity contribution in [3.05, 3.63) is 78.4 Å². The second-order valence-corrected chi connectivity index (χ2v) is 4.78. The van der Waals surface area contributed by atoms with Gasteiger partial charge in [-0.3, -0.25) is 0 Å². The first-order chi connectivity index (χ1) is 10.2. The Morgan fingerprint density at radius 3 is 2.57 bits per heavy atom. The minimum Gasteiger partial charge on any atom is -0.505 e. The zero-order chi connectivity index (χ0) is 14.7. The van der Waals surface area contributed by atoms with E-state index < -0.39 is 5.82 Å². The molecule has 0 aliphatic carbocycles. The summed E-state index contributed by atoms with van der Waals surface area (Å²) in [6, 6.07) is 16.3. The second-order valence-electron chi connectivity index (χ2n) is 4.78. The Hall–Kier alpha value is -2.75. The molecule has 2 aromatic carbocycles. The van der Waals surface area contributed by atoms with Crippen molar-refractivity contribution < 1.29 is 9.50 Å². The van der Waals surface area contributed by atoms with E-state index in [1.165, 1.54) is 12.1 Å². The molecule has 1 aromatic heterocycles. The molecule has 0 aliphatic rings. The molecule has 3 aromatic rings. The lowest BCUT2D eigenvalue weighted by molar-refractivity contribution is 0.432. The van der Waals surface area contributed by atoms with Crippen LogP contribution in [-0.2, 0) is 6.54 Å². The Morgan fingerprint density at radius 1 is 1.00 bits per heavy atom. The van der Waals surface area contributed by atoms with Crippen molar-refractivity contribution in [1.82, 2.24) is 4.57 Å². The van der Waals surface area contributed by atoms with Crippen LogP contribution in [0.25, 0.3) is 5.69 Å². The van der Waals surface area contributed by atoms with Gasteiger partial charge < -0.3 is 15.0 Å². The number of anilines is 1. The van der Waals surface area contributed by atoms with Crippen molar-refractivity contribution in [1.29, 1.82) is 0 Å². The number of hydrogen-bond acceptors (Lipinski definition) is 2. The molecule has 0 fully saturated rings. The number of aromatic nitrogens is 1. The predicted molar refractivity (Wildman–Crippen MR) is 81.2 cm³/mol. The summed E-state index contributed by atoms with van der Waals surface area (Å²) in [6.07, 6.45) is 3.96. The lowest BCUT2D eigenvalue weighted by Crippen LogP contribution is -2.00. The van der Waals surface area contributed by atoms with Crippen LogP contribution in [0, 0.1) is 5.82 Å². The molecule has 2 N–H and O–H groups in total. The van der Waals surface area contributed by atoms with Gasteiger partial charge in [0.25, 0.3) is 0 Å². The summed E-state index contributed by atoms with van der Waals surface area (Å²) < 4.78 is 15.3. The van der Waals surface area contributed by atoms with E-state index in [0.717, 1.165) is 16.9 Å². The first-order valence-electron chi connectivity index (χ1n) is 6.67. The van der Waals surface area contributed by atoms with Gasteiger partial charge in [0.15, 0.2) is 11.6 Å².